The van der Waals surface area contributed by atoms with Crippen LogP contribution in [0.1, 0.15) is 16.7 Å². The molecule has 1 aromatic heterocycles. The Bertz CT molecular complexity index is 628. The van der Waals surface area contributed by atoms with E-state index in [2.05, 4.69) is 11.1 Å². The number of anilines is 2. The van der Waals surface area contributed by atoms with Crippen LogP contribution in [0.2, 0.25) is 0 Å². The lowest BCUT2D eigenvalue weighted by molar-refractivity contribution is 0.898. The maximum Gasteiger partial charge on any atom is 0.151 e. The first-order valence-electron chi connectivity index (χ1n) is 6.02. The van der Waals surface area contributed by atoms with Crippen LogP contribution < -0.4 is 10.6 Å². The lowest BCUT2D eigenvalue weighted by Crippen LogP contribution is -2.19. The van der Waals surface area contributed by atoms with E-state index < -0.39 is 0 Å². The van der Waals surface area contributed by atoms with Crippen LogP contribution in [0.25, 0.3) is 0 Å². The van der Waals surface area contributed by atoms with Gasteiger partial charge in [-0.15, -0.1) is 0 Å². The summed E-state index contributed by atoms with van der Waals surface area (Å²) in [5.74, 6) is 0.757. The van der Waals surface area contributed by atoms with E-state index in [1.54, 1.807) is 12.3 Å². The molecule has 4 heteroatoms. The van der Waals surface area contributed by atoms with Crippen molar-refractivity contribution in [2.45, 2.75) is 13.5 Å². The van der Waals surface area contributed by atoms with Gasteiger partial charge in [0, 0.05) is 19.8 Å². The minimum Gasteiger partial charge on any atom is -0.396 e. The Balaban J connectivity index is 2.20. The second kappa shape index (κ2) is 5.40. The minimum absolute atomic E-state index is 0.662. The molecule has 4 nitrogen and oxygen atoms in total. The Morgan fingerprint density at radius 2 is 2.16 bits per heavy atom. The molecule has 19 heavy (non-hydrogen) atoms. The smallest absolute Gasteiger partial charge is 0.151 e. The van der Waals surface area contributed by atoms with Crippen LogP contribution in [0.3, 0.4) is 0 Å². The molecular formula is C15H16N4. The van der Waals surface area contributed by atoms with E-state index in [9.17, 15) is 0 Å². The number of aryl methyl sites for hydroxylation is 1. The van der Waals surface area contributed by atoms with Crippen LogP contribution in [0.5, 0.6) is 0 Å². The molecule has 0 aliphatic heterocycles. The van der Waals surface area contributed by atoms with E-state index in [0.717, 1.165) is 16.9 Å². The van der Waals surface area contributed by atoms with Crippen molar-refractivity contribution < 1.29 is 0 Å². The quantitative estimate of drug-likeness (QED) is 0.911. The molecule has 0 saturated carbocycles. The fraction of sp³-hybridized carbons (Fsp3) is 0.200. The average Bonchev–Trinajstić information content (AvgIpc) is 2.38. The summed E-state index contributed by atoms with van der Waals surface area (Å²) in [6, 6.07) is 11.6. The summed E-state index contributed by atoms with van der Waals surface area (Å²) in [6.45, 7) is 2.62. The lowest BCUT2D eigenvalue weighted by atomic mass is 10.1. The number of nitrogen functional groups attached to an aromatic ring is 1. The molecule has 0 bridgehead atoms. The van der Waals surface area contributed by atoms with Crippen molar-refractivity contribution in [1.29, 1.82) is 5.26 Å². The van der Waals surface area contributed by atoms with Gasteiger partial charge in [-0.2, -0.15) is 5.26 Å². The molecule has 96 valence electrons. The first-order chi connectivity index (χ1) is 9.10. The Labute approximate surface area is 113 Å². The van der Waals surface area contributed by atoms with Gasteiger partial charge in [-0.3, -0.25) is 0 Å². The number of benzene rings is 1. The molecule has 0 aliphatic rings. The number of rotatable bonds is 3. The molecule has 0 saturated heterocycles. The zero-order chi connectivity index (χ0) is 13.8. The fourth-order valence-corrected chi connectivity index (χ4v) is 1.99. The van der Waals surface area contributed by atoms with Crippen molar-refractivity contribution in [3.8, 4) is 6.07 Å². The topological polar surface area (TPSA) is 65.9 Å². The number of nitrogens with two attached hydrogens (primary N) is 1. The Hall–Kier alpha value is -2.54. The van der Waals surface area contributed by atoms with Gasteiger partial charge in [0.1, 0.15) is 0 Å². The molecule has 2 N–H and O–H groups in total. The van der Waals surface area contributed by atoms with Gasteiger partial charge in [0.15, 0.2) is 5.82 Å². The molecule has 0 unspecified atom stereocenters. The van der Waals surface area contributed by atoms with Gasteiger partial charge in [-0.25, -0.2) is 4.98 Å². The first kappa shape index (κ1) is 12.9. The predicted octanol–water partition coefficient (Wildman–Crippen LogP) is 2.48. The van der Waals surface area contributed by atoms with Crippen LogP contribution >= 0.6 is 0 Å². The van der Waals surface area contributed by atoms with E-state index in [1.165, 1.54) is 0 Å². The summed E-state index contributed by atoms with van der Waals surface area (Å²) >= 11 is 0. The van der Waals surface area contributed by atoms with Crippen molar-refractivity contribution in [1.82, 2.24) is 4.98 Å². The molecule has 0 aliphatic carbocycles. The molecule has 1 aromatic carbocycles. The summed E-state index contributed by atoms with van der Waals surface area (Å²) in [5, 5.41) is 8.89. The molecule has 0 fully saturated rings. The summed E-state index contributed by atoms with van der Waals surface area (Å²) < 4.78 is 0. The van der Waals surface area contributed by atoms with Crippen LogP contribution in [0.15, 0.2) is 36.5 Å². The van der Waals surface area contributed by atoms with Gasteiger partial charge in [0.05, 0.1) is 17.3 Å². The molecule has 0 spiro atoms. The Morgan fingerprint density at radius 3 is 2.84 bits per heavy atom. The minimum atomic E-state index is 0.662. The second-order valence-electron chi connectivity index (χ2n) is 4.59. The van der Waals surface area contributed by atoms with Crippen molar-refractivity contribution in [2.24, 2.45) is 0 Å². The number of hydrogen-bond acceptors (Lipinski definition) is 4. The van der Waals surface area contributed by atoms with Gasteiger partial charge in [-0.1, -0.05) is 12.1 Å². The average molecular weight is 252 g/mol. The summed E-state index contributed by atoms with van der Waals surface area (Å²) in [5.41, 5.74) is 9.41. The number of nitrogens with zero attached hydrogens (tertiary/aromatic N) is 3. The van der Waals surface area contributed by atoms with Gasteiger partial charge in [-0.05, 0) is 36.2 Å². The molecule has 1 heterocycles. The Morgan fingerprint density at radius 1 is 1.37 bits per heavy atom. The highest BCUT2D eigenvalue weighted by Gasteiger charge is 2.08. The van der Waals surface area contributed by atoms with E-state index in [0.29, 0.717) is 17.8 Å². The highest BCUT2D eigenvalue weighted by molar-refractivity contribution is 5.63. The van der Waals surface area contributed by atoms with E-state index in [4.69, 9.17) is 11.0 Å². The first-order valence-corrected chi connectivity index (χ1v) is 6.02. The second-order valence-corrected chi connectivity index (χ2v) is 4.59. The van der Waals surface area contributed by atoms with Gasteiger partial charge in [0.25, 0.3) is 0 Å². The van der Waals surface area contributed by atoms with E-state index in [-0.39, 0.29) is 0 Å². The molecule has 0 radical (unpaired) electrons. The molecule has 2 aromatic rings. The highest BCUT2D eigenvalue weighted by atomic mass is 15.2. The molecule has 0 amide bonds. The van der Waals surface area contributed by atoms with E-state index >= 15 is 0 Å². The van der Waals surface area contributed by atoms with Crippen molar-refractivity contribution in [3.63, 3.8) is 0 Å². The fourth-order valence-electron chi connectivity index (χ4n) is 1.99. The highest BCUT2D eigenvalue weighted by Crippen LogP contribution is 2.21. The zero-order valence-electron chi connectivity index (χ0n) is 11.1. The van der Waals surface area contributed by atoms with Gasteiger partial charge in [0.2, 0.25) is 0 Å². The third-order valence-corrected chi connectivity index (χ3v) is 2.87. The largest absolute Gasteiger partial charge is 0.396 e. The lowest BCUT2D eigenvalue weighted by Gasteiger charge is -2.20. The standard InChI is InChI=1S/C15H16N4/c1-11-6-14(17)15(18-9-11)19(2)10-13-5-3-4-12(7-13)8-16/h3-7,9H,10,17H2,1-2H3. The van der Waals surface area contributed by atoms with E-state index in [1.807, 2.05) is 43.1 Å². The van der Waals surface area contributed by atoms with Crippen molar-refractivity contribution >= 4 is 11.5 Å². The maximum absolute atomic E-state index is 8.89. The van der Waals surface area contributed by atoms with Crippen LogP contribution in [-0.4, -0.2) is 12.0 Å². The number of nitriles is 1. The Kier molecular flexibility index (Phi) is 3.67. The third-order valence-electron chi connectivity index (χ3n) is 2.87. The molecule has 0 atom stereocenters. The van der Waals surface area contributed by atoms with Crippen LogP contribution in [0.4, 0.5) is 11.5 Å². The number of pyridine rings is 1. The van der Waals surface area contributed by atoms with Crippen molar-refractivity contribution in [3.05, 3.63) is 53.2 Å². The van der Waals surface area contributed by atoms with Gasteiger partial charge < -0.3 is 10.6 Å². The summed E-state index contributed by atoms with van der Waals surface area (Å²) in [4.78, 5) is 6.33. The SMILES string of the molecule is Cc1cnc(N(C)Cc2cccc(C#N)c2)c(N)c1. The third kappa shape index (κ3) is 3.02. The molecular weight excluding hydrogens is 236 g/mol. The normalized spacial score (nSPS) is 9.95. The maximum atomic E-state index is 8.89. The monoisotopic (exact) mass is 252 g/mol. The zero-order valence-corrected chi connectivity index (χ0v) is 11.1. The predicted molar refractivity (Wildman–Crippen MR) is 76.7 cm³/mol. The van der Waals surface area contributed by atoms with Crippen LogP contribution in [0, 0.1) is 18.3 Å². The summed E-state index contributed by atoms with van der Waals surface area (Å²) in [6.07, 6.45) is 1.80. The number of hydrogen-bond donors (Lipinski definition) is 1. The summed E-state index contributed by atoms with van der Waals surface area (Å²) in [7, 11) is 1.94. The number of aromatic nitrogens is 1. The van der Waals surface area contributed by atoms with Crippen LogP contribution in [-0.2, 0) is 6.54 Å². The van der Waals surface area contributed by atoms with Gasteiger partial charge >= 0.3 is 0 Å². The molecule has 2 rings (SSSR count). The van der Waals surface area contributed by atoms with Crippen molar-refractivity contribution in [2.75, 3.05) is 17.7 Å².